The fourth-order valence-electron chi connectivity index (χ4n) is 4.22. The fraction of sp³-hybridized carbons (Fsp3) is 0.250. The minimum absolute atomic E-state index is 0.0667. The van der Waals surface area contributed by atoms with Gasteiger partial charge in [-0.1, -0.05) is 12.1 Å². The quantitative estimate of drug-likeness (QED) is 0.189. The molecule has 1 fully saturated rings. The van der Waals surface area contributed by atoms with Crippen molar-refractivity contribution in [2.24, 2.45) is 4.99 Å². The highest BCUT2D eigenvalue weighted by Crippen LogP contribution is 2.32. The number of urea groups is 1. The molecule has 0 aromatic heterocycles. The van der Waals surface area contributed by atoms with Crippen molar-refractivity contribution in [3.63, 3.8) is 0 Å². The fourth-order valence-corrected chi connectivity index (χ4v) is 4.22. The van der Waals surface area contributed by atoms with Crippen LogP contribution in [0.25, 0.3) is 0 Å². The smallest absolute Gasteiger partial charge is 0.531 e. The second kappa shape index (κ2) is 11.0. The maximum atomic E-state index is 14.0. The number of halogens is 1. The van der Waals surface area contributed by atoms with Gasteiger partial charge in [-0.15, -0.1) is 0 Å². The van der Waals surface area contributed by atoms with Crippen molar-refractivity contribution in [2.45, 2.75) is 19.4 Å². The number of carbonyl (C=O) groups excluding carboxylic acids is 4. The molecule has 0 aliphatic carbocycles. The van der Waals surface area contributed by atoms with E-state index in [2.05, 4.69) is 10.3 Å². The van der Waals surface area contributed by atoms with Gasteiger partial charge in [0.25, 0.3) is 5.91 Å². The highest BCUT2D eigenvalue weighted by Gasteiger charge is 2.39. The standard InChI is InChI=1S/C24H22BFN4O10/c1-2-29-7-8-30(22(35)21(29)34)24(38)28-18(11-4-6-14(31)15(32)9-11)20(33)27-16-10-12-3-5-13(26)17(23(36)37)19(12)40-25(16)39/h3-6,9,18,31-32,39H,2,7-8,10H2,1H3,(H,28,38)(H,36,37)/t18-/m0/s1. The van der Waals surface area contributed by atoms with E-state index < -0.39 is 71.5 Å². The average Bonchev–Trinajstić information content (AvgIpc) is 2.90. The van der Waals surface area contributed by atoms with Crippen molar-refractivity contribution in [1.29, 1.82) is 0 Å². The molecule has 1 saturated heterocycles. The van der Waals surface area contributed by atoms with Crippen LogP contribution in [0.15, 0.2) is 35.3 Å². The highest BCUT2D eigenvalue weighted by molar-refractivity contribution is 6.82. The first kappa shape index (κ1) is 28.0. The summed E-state index contributed by atoms with van der Waals surface area (Å²) in [6.07, 6.45) is -0.323. The average molecular weight is 556 g/mol. The van der Waals surface area contributed by atoms with Crippen LogP contribution in [-0.4, -0.2) is 92.2 Å². The summed E-state index contributed by atoms with van der Waals surface area (Å²) in [7, 11) is -1.96. The van der Waals surface area contributed by atoms with Gasteiger partial charge in [0, 0.05) is 26.1 Å². The first-order valence-corrected chi connectivity index (χ1v) is 11.9. The van der Waals surface area contributed by atoms with E-state index in [1.807, 2.05) is 0 Å². The number of hydrogen-bond acceptors (Lipinski definition) is 9. The normalized spacial score (nSPS) is 16.9. The number of nitrogens with zero attached hydrogens (tertiary/aromatic N) is 3. The number of amides is 5. The van der Waals surface area contributed by atoms with Crippen LogP contribution in [0.4, 0.5) is 9.18 Å². The van der Waals surface area contributed by atoms with Crippen LogP contribution in [-0.2, 0) is 20.8 Å². The Kier molecular flexibility index (Phi) is 7.72. The molecule has 2 aromatic rings. The lowest BCUT2D eigenvalue weighted by Crippen LogP contribution is -2.58. The molecule has 0 radical (unpaired) electrons. The molecule has 0 spiro atoms. The molecule has 208 valence electrons. The number of aliphatic imine (C=N–C) groups is 1. The zero-order valence-corrected chi connectivity index (χ0v) is 20.8. The number of phenolic OH excluding ortho intramolecular Hbond substituents is 2. The predicted molar refractivity (Wildman–Crippen MR) is 133 cm³/mol. The second-order valence-corrected chi connectivity index (χ2v) is 8.78. The molecule has 2 aromatic carbocycles. The molecule has 0 saturated carbocycles. The van der Waals surface area contributed by atoms with Gasteiger partial charge in [-0.2, -0.15) is 0 Å². The first-order chi connectivity index (χ1) is 18.9. The Morgan fingerprint density at radius 3 is 2.50 bits per heavy atom. The van der Waals surface area contributed by atoms with Gasteiger partial charge < -0.3 is 35.2 Å². The monoisotopic (exact) mass is 556 g/mol. The van der Waals surface area contributed by atoms with Crippen LogP contribution in [0.5, 0.6) is 17.2 Å². The third kappa shape index (κ3) is 5.29. The van der Waals surface area contributed by atoms with E-state index in [4.69, 9.17) is 4.65 Å². The van der Waals surface area contributed by atoms with Gasteiger partial charge in [0.05, 0.1) is 5.61 Å². The molecule has 14 nitrogen and oxygen atoms in total. The second-order valence-electron chi connectivity index (χ2n) is 8.78. The topological polar surface area (TPSA) is 206 Å². The number of hydrogen-bond donors (Lipinski definition) is 5. The molecule has 2 aliphatic rings. The predicted octanol–water partition coefficient (Wildman–Crippen LogP) is -0.00110. The summed E-state index contributed by atoms with van der Waals surface area (Å²) in [5, 5.41) is 41.6. The number of benzene rings is 2. The van der Waals surface area contributed by atoms with Gasteiger partial charge in [0.1, 0.15) is 23.2 Å². The maximum absolute atomic E-state index is 14.0. The van der Waals surface area contributed by atoms with Gasteiger partial charge in [-0.3, -0.25) is 19.3 Å². The van der Waals surface area contributed by atoms with E-state index in [0.717, 1.165) is 18.2 Å². The Bertz CT molecular complexity index is 1470. The van der Waals surface area contributed by atoms with Crippen LogP contribution in [0.2, 0.25) is 0 Å². The van der Waals surface area contributed by atoms with Crippen molar-refractivity contribution in [1.82, 2.24) is 15.1 Å². The van der Waals surface area contributed by atoms with Crippen molar-refractivity contribution in [3.05, 3.63) is 52.8 Å². The van der Waals surface area contributed by atoms with Gasteiger partial charge >= 0.3 is 30.9 Å². The molecule has 5 amide bonds. The Morgan fingerprint density at radius 1 is 1.12 bits per heavy atom. The number of fused-ring (bicyclic) bond motifs is 1. The number of likely N-dealkylation sites (N-methyl/N-ethyl adjacent to an activating group) is 1. The molecule has 4 rings (SSSR count). The molecule has 40 heavy (non-hydrogen) atoms. The van der Waals surface area contributed by atoms with Gasteiger partial charge in [-0.25, -0.2) is 19.0 Å². The lowest BCUT2D eigenvalue weighted by Gasteiger charge is -2.32. The van der Waals surface area contributed by atoms with Gasteiger partial charge in [-0.05, 0) is 36.2 Å². The number of aromatic hydroxyl groups is 2. The summed E-state index contributed by atoms with van der Waals surface area (Å²) < 4.78 is 19.2. The summed E-state index contributed by atoms with van der Waals surface area (Å²) in [6.45, 7) is 1.82. The van der Waals surface area contributed by atoms with Crippen LogP contribution in [0.3, 0.4) is 0 Å². The third-order valence-electron chi connectivity index (χ3n) is 6.33. The number of rotatable bonds is 5. The number of aromatic carboxylic acids is 1. The lowest BCUT2D eigenvalue weighted by atomic mass is 9.75. The number of carbonyl (C=O) groups is 5. The summed E-state index contributed by atoms with van der Waals surface area (Å²) in [5.74, 6) is -7.49. The minimum atomic E-state index is -1.96. The summed E-state index contributed by atoms with van der Waals surface area (Å²) in [5.41, 5.74) is -1.10. The largest absolute Gasteiger partial charge is 0.575 e. The number of piperazine rings is 1. The SMILES string of the molecule is CCN1CCN(C(=O)N[C@H](C(=O)N=C2Cc3ccc(F)c(C(=O)O)c3OB2O)c2ccc(O)c(O)c2)C(=O)C1=O. The van der Waals surface area contributed by atoms with Gasteiger partial charge in [0.15, 0.2) is 11.5 Å². The van der Waals surface area contributed by atoms with E-state index in [-0.39, 0.29) is 42.8 Å². The molecule has 0 bridgehead atoms. The van der Waals surface area contributed by atoms with E-state index in [0.29, 0.717) is 4.90 Å². The van der Waals surface area contributed by atoms with Gasteiger partial charge in [0.2, 0.25) is 0 Å². The Hall–Kier alpha value is -4.99. The van der Waals surface area contributed by atoms with E-state index in [9.17, 15) is 48.7 Å². The molecule has 2 heterocycles. The number of nitrogens with one attached hydrogen (secondary N) is 1. The van der Waals surface area contributed by atoms with Crippen molar-refractivity contribution in [3.8, 4) is 17.2 Å². The molecule has 2 aliphatic heterocycles. The van der Waals surface area contributed by atoms with Crippen molar-refractivity contribution < 1.29 is 53.4 Å². The Balaban J connectivity index is 1.65. The van der Waals surface area contributed by atoms with Crippen LogP contribution >= 0.6 is 0 Å². The van der Waals surface area contributed by atoms with Crippen LogP contribution in [0, 0.1) is 5.82 Å². The van der Waals surface area contributed by atoms with E-state index in [1.54, 1.807) is 6.92 Å². The Labute approximate surface area is 225 Å². The highest BCUT2D eigenvalue weighted by atomic mass is 19.1. The zero-order chi connectivity index (χ0) is 29.3. The molecular weight excluding hydrogens is 534 g/mol. The summed E-state index contributed by atoms with van der Waals surface area (Å²) in [6, 6.07) is 2.45. The molecule has 16 heteroatoms. The summed E-state index contributed by atoms with van der Waals surface area (Å²) in [4.78, 5) is 68.1. The molecule has 0 unspecified atom stereocenters. The number of imide groups is 1. The number of carboxylic acid groups (broad SMARTS) is 1. The van der Waals surface area contributed by atoms with Crippen molar-refractivity contribution in [2.75, 3.05) is 19.6 Å². The maximum Gasteiger partial charge on any atom is 0.575 e. The zero-order valence-electron chi connectivity index (χ0n) is 20.8. The Morgan fingerprint density at radius 2 is 1.85 bits per heavy atom. The van der Waals surface area contributed by atoms with E-state index >= 15 is 0 Å². The van der Waals surface area contributed by atoms with Crippen LogP contribution < -0.4 is 9.97 Å². The number of carboxylic acids is 1. The first-order valence-electron chi connectivity index (χ1n) is 11.9. The molecule has 5 N–H and O–H groups in total. The minimum Gasteiger partial charge on any atom is -0.531 e. The number of phenols is 2. The van der Waals surface area contributed by atoms with Crippen molar-refractivity contribution >= 4 is 42.5 Å². The molecule has 1 atom stereocenters. The molecular formula is C24H22BFN4O10. The van der Waals surface area contributed by atoms with Crippen LogP contribution in [0.1, 0.15) is 34.5 Å². The lowest BCUT2D eigenvalue weighted by molar-refractivity contribution is -0.153. The summed E-state index contributed by atoms with van der Waals surface area (Å²) >= 11 is 0. The van der Waals surface area contributed by atoms with E-state index in [1.165, 1.54) is 17.0 Å². The third-order valence-corrected chi connectivity index (χ3v) is 6.33.